The Kier molecular flexibility index (Phi) is 5.26. The summed E-state index contributed by atoms with van der Waals surface area (Å²) in [7, 11) is 0. The molecule has 0 atom stereocenters. The van der Waals surface area contributed by atoms with Crippen molar-refractivity contribution in [3.63, 3.8) is 0 Å². The van der Waals surface area contributed by atoms with E-state index in [0.29, 0.717) is 5.92 Å². The maximum absolute atomic E-state index is 12.9. The third-order valence-electron chi connectivity index (χ3n) is 2.13. The highest BCUT2D eigenvalue weighted by Crippen LogP contribution is 2.17. The Bertz CT molecular complexity index is 312. The van der Waals surface area contributed by atoms with E-state index in [9.17, 15) is 4.39 Å². The molecule has 84 valence electrons. The lowest BCUT2D eigenvalue weighted by molar-refractivity contribution is 0.553. The van der Waals surface area contributed by atoms with E-state index >= 15 is 0 Å². The van der Waals surface area contributed by atoms with Crippen LogP contribution in [-0.2, 0) is 6.42 Å². The molecule has 15 heavy (non-hydrogen) atoms. The van der Waals surface area contributed by atoms with E-state index in [2.05, 4.69) is 35.1 Å². The first kappa shape index (κ1) is 12.7. The van der Waals surface area contributed by atoms with Crippen LogP contribution in [-0.4, -0.2) is 13.1 Å². The maximum atomic E-state index is 12.9. The highest BCUT2D eigenvalue weighted by atomic mass is 79.9. The molecular weight excluding hydrogens is 257 g/mol. The second kappa shape index (κ2) is 6.23. The Morgan fingerprint density at radius 3 is 2.80 bits per heavy atom. The van der Waals surface area contributed by atoms with Gasteiger partial charge in [0, 0.05) is 4.47 Å². The van der Waals surface area contributed by atoms with Crippen LogP contribution < -0.4 is 5.32 Å². The number of hydrogen-bond donors (Lipinski definition) is 1. The number of nitrogens with one attached hydrogen (secondary N) is 1. The van der Waals surface area contributed by atoms with Crippen LogP contribution in [0.15, 0.2) is 22.7 Å². The van der Waals surface area contributed by atoms with Gasteiger partial charge >= 0.3 is 0 Å². The van der Waals surface area contributed by atoms with Crippen LogP contribution in [0.4, 0.5) is 4.39 Å². The Hall–Kier alpha value is -0.410. The molecule has 1 aromatic rings. The number of hydrogen-bond acceptors (Lipinski definition) is 1. The molecule has 0 fully saturated rings. The molecule has 1 aromatic carbocycles. The highest BCUT2D eigenvalue weighted by molar-refractivity contribution is 9.10. The zero-order chi connectivity index (χ0) is 11.3. The van der Waals surface area contributed by atoms with Crippen molar-refractivity contribution in [1.29, 1.82) is 0 Å². The van der Waals surface area contributed by atoms with Gasteiger partial charge in [0.15, 0.2) is 0 Å². The van der Waals surface area contributed by atoms with Crippen molar-refractivity contribution in [3.8, 4) is 0 Å². The lowest BCUT2D eigenvalue weighted by atomic mass is 10.1. The minimum absolute atomic E-state index is 0.169. The third kappa shape index (κ3) is 4.76. The fourth-order valence-corrected chi connectivity index (χ4v) is 1.79. The van der Waals surface area contributed by atoms with Crippen molar-refractivity contribution >= 4 is 15.9 Å². The minimum Gasteiger partial charge on any atom is -0.316 e. The SMILES string of the molecule is CC(C)CNCCc1cc(F)ccc1Br. The lowest BCUT2D eigenvalue weighted by Gasteiger charge is -2.08. The molecule has 0 unspecified atom stereocenters. The highest BCUT2D eigenvalue weighted by Gasteiger charge is 2.01. The van der Waals surface area contributed by atoms with E-state index in [0.717, 1.165) is 29.5 Å². The number of rotatable bonds is 5. The van der Waals surface area contributed by atoms with Gasteiger partial charge in [0.2, 0.25) is 0 Å². The van der Waals surface area contributed by atoms with Crippen molar-refractivity contribution < 1.29 is 4.39 Å². The first-order chi connectivity index (χ1) is 7.09. The van der Waals surface area contributed by atoms with Gasteiger partial charge in [0.1, 0.15) is 5.82 Å². The molecular formula is C12H17BrFN. The van der Waals surface area contributed by atoms with Crippen LogP contribution in [0.1, 0.15) is 19.4 Å². The van der Waals surface area contributed by atoms with Gasteiger partial charge in [0.05, 0.1) is 0 Å². The molecule has 0 bridgehead atoms. The molecule has 0 aliphatic heterocycles. The van der Waals surface area contributed by atoms with Gasteiger partial charge in [-0.25, -0.2) is 4.39 Å². The topological polar surface area (TPSA) is 12.0 Å². The summed E-state index contributed by atoms with van der Waals surface area (Å²) in [6.07, 6.45) is 0.852. The van der Waals surface area contributed by atoms with Crippen LogP contribution >= 0.6 is 15.9 Å². The Morgan fingerprint density at radius 2 is 2.13 bits per heavy atom. The van der Waals surface area contributed by atoms with E-state index in [1.807, 2.05) is 0 Å². The van der Waals surface area contributed by atoms with Crippen LogP contribution in [0.3, 0.4) is 0 Å². The quantitative estimate of drug-likeness (QED) is 0.812. The van der Waals surface area contributed by atoms with Crippen molar-refractivity contribution in [2.75, 3.05) is 13.1 Å². The first-order valence-corrected chi connectivity index (χ1v) is 6.03. The smallest absolute Gasteiger partial charge is 0.123 e. The molecule has 0 aromatic heterocycles. The van der Waals surface area contributed by atoms with Crippen molar-refractivity contribution in [1.82, 2.24) is 5.32 Å². The molecule has 0 spiro atoms. The first-order valence-electron chi connectivity index (χ1n) is 5.24. The predicted octanol–water partition coefficient (Wildman–Crippen LogP) is 3.38. The van der Waals surface area contributed by atoms with E-state index < -0.39 is 0 Å². The summed E-state index contributed by atoms with van der Waals surface area (Å²) < 4.78 is 13.9. The third-order valence-corrected chi connectivity index (χ3v) is 2.91. The van der Waals surface area contributed by atoms with Crippen molar-refractivity contribution in [3.05, 3.63) is 34.1 Å². The normalized spacial score (nSPS) is 11.0. The molecule has 0 heterocycles. The molecule has 3 heteroatoms. The Morgan fingerprint density at radius 1 is 1.40 bits per heavy atom. The molecule has 1 N–H and O–H groups in total. The zero-order valence-electron chi connectivity index (χ0n) is 9.19. The summed E-state index contributed by atoms with van der Waals surface area (Å²) >= 11 is 3.42. The van der Waals surface area contributed by atoms with E-state index in [-0.39, 0.29) is 5.82 Å². The Balaban J connectivity index is 2.40. The molecule has 0 aliphatic carbocycles. The lowest BCUT2D eigenvalue weighted by Crippen LogP contribution is -2.22. The summed E-state index contributed by atoms with van der Waals surface area (Å²) in [5, 5.41) is 3.34. The van der Waals surface area contributed by atoms with Gasteiger partial charge in [-0.1, -0.05) is 29.8 Å². The van der Waals surface area contributed by atoms with Crippen molar-refractivity contribution in [2.24, 2.45) is 5.92 Å². The van der Waals surface area contributed by atoms with E-state index in [1.165, 1.54) is 6.07 Å². The van der Waals surface area contributed by atoms with Gasteiger partial charge in [-0.15, -0.1) is 0 Å². The van der Waals surface area contributed by atoms with Crippen LogP contribution in [0.2, 0.25) is 0 Å². The number of halogens is 2. The fraction of sp³-hybridized carbons (Fsp3) is 0.500. The summed E-state index contributed by atoms with van der Waals surface area (Å²) in [6, 6.07) is 4.81. The largest absolute Gasteiger partial charge is 0.316 e. The standard InChI is InChI=1S/C12H17BrFN/c1-9(2)8-15-6-5-10-7-11(14)3-4-12(10)13/h3-4,7,9,15H,5-6,8H2,1-2H3. The van der Waals surface area contributed by atoms with E-state index in [4.69, 9.17) is 0 Å². The monoisotopic (exact) mass is 273 g/mol. The summed E-state index contributed by atoms with van der Waals surface area (Å²) in [5.41, 5.74) is 1.02. The predicted molar refractivity (Wildman–Crippen MR) is 65.5 cm³/mol. The molecule has 0 aliphatic rings. The average Bonchev–Trinajstić information content (AvgIpc) is 2.17. The summed E-state index contributed by atoms with van der Waals surface area (Å²) in [5.74, 6) is 0.484. The van der Waals surface area contributed by atoms with Crippen LogP contribution in [0, 0.1) is 11.7 Å². The molecule has 1 rings (SSSR count). The molecule has 1 nitrogen and oxygen atoms in total. The minimum atomic E-state index is -0.169. The summed E-state index contributed by atoms with van der Waals surface area (Å²) in [6.45, 7) is 6.24. The molecule has 0 saturated heterocycles. The van der Waals surface area contributed by atoms with Gasteiger partial charge in [-0.3, -0.25) is 0 Å². The van der Waals surface area contributed by atoms with Gasteiger partial charge < -0.3 is 5.32 Å². The molecule has 0 saturated carbocycles. The second-order valence-corrected chi connectivity index (χ2v) is 4.94. The Labute approximate surface area is 99.2 Å². The van der Waals surface area contributed by atoms with Gasteiger partial charge in [-0.2, -0.15) is 0 Å². The summed E-state index contributed by atoms with van der Waals surface area (Å²) in [4.78, 5) is 0. The van der Waals surface area contributed by atoms with Crippen LogP contribution in [0.25, 0.3) is 0 Å². The number of benzene rings is 1. The zero-order valence-corrected chi connectivity index (χ0v) is 10.8. The molecule has 0 amide bonds. The fourth-order valence-electron chi connectivity index (χ4n) is 1.35. The maximum Gasteiger partial charge on any atom is 0.123 e. The van der Waals surface area contributed by atoms with Crippen molar-refractivity contribution in [2.45, 2.75) is 20.3 Å². The van der Waals surface area contributed by atoms with Crippen LogP contribution in [0.5, 0.6) is 0 Å². The van der Waals surface area contributed by atoms with Gasteiger partial charge in [-0.05, 0) is 49.2 Å². The van der Waals surface area contributed by atoms with E-state index in [1.54, 1.807) is 12.1 Å². The van der Waals surface area contributed by atoms with Gasteiger partial charge in [0.25, 0.3) is 0 Å². The second-order valence-electron chi connectivity index (χ2n) is 4.08. The average molecular weight is 274 g/mol. The molecule has 0 radical (unpaired) electrons.